The monoisotopic (exact) mass is 418 g/mol. The number of hydrogen-bond acceptors (Lipinski definition) is 6. The molecule has 0 bridgehead atoms. The van der Waals surface area contributed by atoms with Gasteiger partial charge in [0, 0.05) is 23.5 Å². The molecule has 0 saturated carbocycles. The molecule has 0 aliphatic carbocycles. The number of nitrogens with zero attached hydrogens (tertiary/aromatic N) is 3. The van der Waals surface area contributed by atoms with E-state index in [1.165, 1.54) is 23.1 Å². The van der Waals surface area contributed by atoms with Crippen LogP contribution in [0.5, 0.6) is 0 Å². The number of rotatable bonds is 2. The molecule has 1 amide bonds. The molecule has 0 saturated heterocycles. The largest absolute Gasteiger partial charge is 0.337 e. The van der Waals surface area contributed by atoms with Gasteiger partial charge in [-0.1, -0.05) is 29.4 Å². The smallest absolute Gasteiger partial charge is 0.276 e. The van der Waals surface area contributed by atoms with Crippen LogP contribution in [0.25, 0.3) is 10.6 Å². The molecular weight excluding hydrogens is 404 g/mol. The van der Waals surface area contributed by atoms with E-state index in [0.29, 0.717) is 32.0 Å². The van der Waals surface area contributed by atoms with Crippen LogP contribution < -0.4 is 25.1 Å². The number of fused-ring (bicyclic) bond motifs is 1. The highest BCUT2D eigenvalue weighted by molar-refractivity contribution is 8.08. The minimum absolute atomic E-state index is 0.150. The first-order valence-corrected chi connectivity index (χ1v) is 10.1. The summed E-state index contributed by atoms with van der Waals surface area (Å²) >= 11 is 8.94. The second-order valence-corrected chi connectivity index (χ2v) is 8.50. The van der Waals surface area contributed by atoms with Crippen LogP contribution in [0.3, 0.4) is 0 Å². The number of nitrogens with one attached hydrogen (secondary N) is 1. The van der Waals surface area contributed by atoms with Gasteiger partial charge in [0.1, 0.15) is 14.2 Å². The average Bonchev–Trinajstić information content (AvgIpc) is 3.24. The third-order valence-corrected chi connectivity index (χ3v) is 7.10. The summed E-state index contributed by atoms with van der Waals surface area (Å²) in [6.45, 7) is 5.80. The molecular formula is C18H15ClN4O2S2. The van der Waals surface area contributed by atoms with Gasteiger partial charge in [-0.05, 0) is 25.1 Å². The van der Waals surface area contributed by atoms with Gasteiger partial charge in [-0.15, -0.1) is 17.9 Å². The lowest BCUT2D eigenvalue weighted by Gasteiger charge is -2.12. The number of halogens is 1. The summed E-state index contributed by atoms with van der Waals surface area (Å²) in [4.78, 5) is 28.4. The number of anilines is 1. The fourth-order valence-electron chi connectivity index (χ4n) is 3.01. The van der Waals surface area contributed by atoms with Gasteiger partial charge < -0.3 is 4.90 Å². The molecule has 2 aliphatic heterocycles. The van der Waals surface area contributed by atoms with Gasteiger partial charge >= 0.3 is 0 Å². The van der Waals surface area contributed by atoms with E-state index in [1.807, 2.05) is 30.1 Å². The number of carbonyl (C=O) groups is 1. The van der Waals surface area contributed by atoms with Crippen molar-refractivity contribution < 1.29 is 4.79 Å². The number of hydrogen-bond donors (Lipinski definition) is 1. The number of hydrazone groups is 1. The van der Waals surface area contributed by atoms with Crippen molar-refractivity contribution in [2.45, 2.75) is 18.4 Å². The second-order valence-electron chi connectivity index (χ2n) is 6.03. The van der Waals surface area contributed by atoms with Crippen molar-refractivity contribution in [1.82, 2.24) is 9.99 Å². The summed E-state index contributed by atoms with van der Waals surface area (Å²) in [6, 6.07) is 5.65. The summed E-state index contributed by atoms with van der Waals surface area (Å²) in [7, 11) is 1.91. The van der Waals surface area contributed by atoms with Gasteiger partial charge in [0.25, 0.3) is 11.5 Å². The van der Waals surface area contributed by atoms with E-state index in [9.17, 15) is 9.59 Å². The van der Waals surface area contributed by atoms with Crippen molar-refractivity contribution >= 4 is 62.6 Å². The van der Waals surface area contributed by atoms with Crippen molar-refractivity contribution in [3.8, 4) is 0 Å². The van der Waals surface area contributed by atoms with E-state index >= 15 is 0 Å². The molecule has 1 N–H and O–H groups in total. The van der Waals surface area contributed by atoms with Crippen LogP contribution >= 0.6 is 34.7 Å². The Hall–Kier alpha value is -2.29. The highest BCUT2D eigenvalue weighted by Gasteiger charge is 2.27. The van der Waals surface area contributed by atoms with Crippen molar-refractivity contribution in [2.24, 2.45) is 5.10 Å². The maximum Gasteiger partial charge on any atom is 0.276 e. The van der Waals surface area contributed by atoms with Crippen molar-refractivity contribution in [1.29, 1.82) is 0 Å². The number of aromatic nitrogens is 1. The minimum atomic E-state index is -0.300. The first-order valence-electron chi connectivity index (χ1n) is 8.07. The van der Waals surface area contributed by atoms with Gasteiger partial charge in [0.15, 0.2) is 0 Å². The normalized spacial score (nSPS) is 19.9. The number of benzene rings is 1. The SMILES string of the molecule is C=CCn1c(=C2C(=O)NN=C2C)sc(=C2Sc3ccc(Cl)cc3N2C)c1=O. The third-order valence-electron chi connectivity index (χ3n) is 4.31. The number of thioether (sulfide) groups is 1. The van der Waals surface area contributed by atoms with Crippen LogP contribution in [-0.4, -0.2) is 23.2 Å². The van der Waals surface area contributed by atoms with Crippen molar-refractivity contribution in [3.63, 3.8) is 0 Å². The Labute approximate surface area is 168 Å². The third kappa shape index (κ3) is 2.84. The highest BCUT2D eigenvalue weighted by Crippen LogP contribution is 2.46. The fraction of sp³-hybridized carbons (Fsp3) is 0.167. The Morgan fingerprint density at radius 2 is 2.15 bits per heavy atom. The van der Waals surface area contributed by atoms with Gasteiger partial charge in [0.2, 0.25) is 0 Å². The van der Waals surface area contributed by atoms with Gasteiger partial charge in [0.05, 0.1) is 17.0 Å². The van der Waals surface area contributed by atoms with Crippen LogP contribution in [0.15, 0.2) is 45.6 Å². The molecule has 4 rings (SSSR count). The summed E-state index contributed by atoms with van der Waals surface area (Å²) in [5.74, 6) is -0.300. The highest BCUT2D eigenvalue weighted by atomic mass is 35.5. The summed E-state index contributed by atoms with van der Waals surface area (Å²) in [5, 5.41) is 5.44. The molecule has 9 heteroatoms. The number of thiazole rings is 1. The number of carbonyl (C=O) groups excluding carboxylic acids is 1. The van der Waals surface area contributed by atoms with Crippen LogP contribution in [0.1, 0.15) is 6.92 Å². The molecule has 0 unspecified atom stereocenters. The first kappa shape index (κ1) is 18.1. The molecule has 1 aromatic carbocycles. The zero-order valence-electron chi connectivity index (χ0n) is 14.6. The van der Waals surface area contributed by atoms with Crippen LogP contribution in [-0.2, 0) is 11.3 Å². The lowest BCUT2D eigenvalue weighted by atomic mass is 10.2. The van der Waals surface area contributed by atoms with Crippen LogP contribution in [0, 0.1) is 0 Å². The van der Waals surface area contributed by atoms with E-state index in [-0.39, 0.29) is 11.5 Å². The minimum Gasteiger partial charge on any atom is -0.337 e. The van der Waals surface area contributed by atoms with E-state index in [2.05, 4.69) is 17.1 Å². The molecule has 2 aromatic rings. The maximum absolute atomic E-state index is 13.2. The van der Waals surface area contributed by atoms with E-state index in [1.54, 1.807) is 17.6 Å². The summed E-state index contributed by atoms with van der Waals surface area (Å²) in [6.07, 6.45) is 1.64. The maximum atomic E-state index is 13.2. The quantitative estimate of drug-likeness (QED) is 0.754. The molecule has 27 heavy (non-hydrogen) atoms. The average molecular weight is 419 g/mol. The molecule has 0 spiro atoms. The van der Waals surface area contributed by atoms with Crippen molar-refractivity contribution in [3.05, 3.63) is 55.4 Å². The standard InChI is InChI=1S/C18H15ClN4O2S2/c1-4-7-23-16(25)14(27-17(23)13-9(2)20-21-15(13)24)18-22(3)11-8-10(19)5-6-12(11)26-18/h4-6,8H,1,7H2,2-3H3,(H,21,24). The topological polar surface area (TPSA) is 66.7 Å². The molecule has 0 atom stereocenters. The van der Waals surface area contributed by atoms with Crippen molar-refractivity contribution in [2.75, 3.05) is 11.9 Å². The van der Waals surface area contributed by atoms with E-state index < -0.39 is 0 Å². The van der Waals surface area contributed by atoms with Crippen LogP contribution in [0.4, 0.5) is 5.69 Å². The predicted octanol–water partition coefficient (Wildman–Crippen LogP) is 1.71. The lowest BCUT2D eigenvalue weighted by molar-refractivity contribution is -0.115. The Morgan fingerprint density at radius 1 is 1.37 bits per heavy atom. The molecule has 2 aliphatic rings. The predicted molar refractivity (Wildman–Crippen MR) is 112 cm³/mol. The second kappa shape index (κ2) is 6.70. The van der Waals surface area contributed by atoms with Gasteiger partial charge in [-0.25, -0.2) is 5.43 Å². The lowest BCUT2D eigenvalue weighted by Crippen LogP contribution is -2.35. The van der Waals surface area contributed by atoms with E-state index in [0.717, 1.165) is 15.6 Å². The Kier molecular flexibility index (Phi) is 4.49. The summed E-state index contributed by atoms with van der Waals surface area (Å²) in [5.41, 5.74) is 4.26. The molecule has 3 heterocycles. The van der Waals surface area contributed by atoms with E-state index in [4.69, 9.17) is 11.6 Å². The Morgan fingerprint density at radius 3 is 2.81 bits per heavy atom. The van der Waals surface area contributed by atoms with Gasteiger partial charge in [-0.3, -0.25) is 14.2 Å². The molecule has 1 aromatic heterocycles. The Bertz CT molecular complexity index is 1210. The molecule has 6 nitrogen and oxygen atoms in total. The fourth-order valence-corrected chi connectivity index (χ4v) is 5.71. The summed E-state index contributed by atoms with van der Waals surface area (Å²) < 4.78 is 2.73. The molecule has 0 radical (unpaired) electrons. The molecule has 0 fully saturated rings. The number of allylic oxidation sites excluding steroid dienone is 1. The Balaban J connectivity index is 2.04. The zero-order valence-corrected chi connectivity index (χ0v) is 17.0. The molecule has 138 valence electrons. The first-order chi connectivity index (χ1) is 12.9. The van der Waals surface area contributed by atoms with Crippen LogP contribution in [0.2, 0.25) is 5.02 Å². The number of amides is 1. The zero-order chi connectivity index (χ0) is 19.3. The van der Waals surface area contributed by atoms with Gasteiger partial charge in [-0.2, -0.15) is 5.10 Å².